The first-order chi connectivity index (χ1) is 11.2. The number of hydrogen-bond acceptors (Lipinski definition) is 3. The molecule has 0 heterocycles. The van der Waals surface area contributed by atoms with Crippen LogP contribution in [0.3, 0.4) is 0 Å². The van der Waals surface area contributed by atoms with Gasteiger partial charge in [-0.25, -0.2) is 0 Å². The predicted octanol–water partition coefficient (Wildman–Crippen LogP) is 2.73. The Morgan fingerprint density at radius 2 is 1.87 bits per heavy atom. The lowest BCUT2D eigenvalue weighted by molar-refractivity contribution is -0.116. The van der Waals surface area contributed by atoms with Gasteiger partial charge in [-0.2, -0.15) is 0 Å². The first kappa shape index (κ1) is 16.5. The molecule has 0 saturated carbocycles. The lowest BCUT2D eigenvalue weighted by Crippen LogP contribution is -2.43. The zero-order chi connectivity index (χ0) is 16.5. The van der Waals surface area contributed by atoms with Crippen LogP contribution in [0.1, 0.15) is 5.56 Å². The molecular formula is C17H17N3O2S. The lowest BCUT2D eigenvalue weighted by atomic mass is 10.2. The molecule has 3 N–H and O–H groups in total. The summed E-state index contributed by atoms with van der Waals surface area (Å²) in [5.41, 5.74) is 6.83. The Hall–Kier alpha value is -2.86. The molecule has 118 valence electrons. The maximum atomic E-state index is 11.7. The standard InChI is InChI=1S/C17H17N3O2S/c1-22-15-9-5-6-13(12-15)10-11-16(21)19-20-17(23)18-14-7-3-2-4-8-14/h2-12H,1H3,(H,19,21)(H2,18,20,23)/b11-10+. The molecule has 2 aromatic rings. The van der Waals surface area contributed by atoms with Crippen LogP contribution >= 0.6 is 12.2 Å². The van der Waals surface area contributed by atoms with Gasteiger partial charge in [-0.3, -0.25) is 15.6 Å². The molecule has 1 amide bonds. The zero-order valence-corrected chi connectivity index (χ0v) is 13.4. The average molecular weight is 327 g/mol. The Balaban J connectivity index is 1.80. The van der Waals surface area contributed by atoms with E-state index in [0.717, 1.165) is 17.0 Å². The van der Waals surface area contributed by atoms with Crippen molar-refractivity contribution in [1.29, 1.82) is 0 Å². The third kappa shape index (κ3) is 5.80. The number of thiocarbonyl (C=S) groups is 1. The lowest BCUT2D eigenvalue weighted by Gasteiger charge is -2.10. The third-order valence-corrected chi connectivity index (χ3v) is 3.06. The number of anilines is 1. The molecule has 0 atom stereocenters. The van der Waals surface area contributed by atoms with Gasteiger partial charge in [0.05, 0.1) is 7.11 Å². The van der Waals surface area contributed by atoms with Crippen molar-refractivity contribution >= 4 is 35.0 Å². The summed E-state index contributed by atoms with van der Waals surface area (Å²) < 4.78 is 5.13. The molecule has 0 aliphatic heterocycles. The van der Waals surface area contributed by atoms with Crippen LogP contribution in [0, 0.1) is 0 Å². The molecule has 0 bridgehead atoms. The molecule has 5 nitrogen and oxygen atoms in total. The molecule has 2 aromatic carbocycles. The smallest absolute Gasteiger partial charge is 0.262 e. The predicted molar refractivity (Wildman–Crippen MR) is 96.0 cm³/mol. The highest BCUT2D eigenvalue weighted by Gasteiger charge is 1.99. The van der Waals surface area contributed by atoms with Crippen LogP contribution < -0.4 is 20.9 Å². The summed E-state index contributed by atoms with van der Waals surface area (Å²) in [5.74, 6) is 0.420. The van der Waals surface area contributed by atoms with Crippen molar-refractivity contribution in [2.45, 2.75) is 0 Å². The van der Waals surface area contributed by atoms with Crippen LogP contribution in [0.25, 0.3) is 6.08 Å². The molecule has 0 spiro atoms. The number of para-hydroxylation sites is 1. The first-order valence-electron chi connectivity index (χ1n) is 6.91. The van der Waals surface area contributed by atoms with E-state index in [2.05, 4.69) is 16.2 Å². The Bertz CT molecular complexity index is 702. The van der Waals surface area contributed by atoms with E-state index in [4.69, 9.17) is 17.0 Å². The number of amides is 1. The van der Waals surface area contributed by atoms with Crippen LogP contribution in [0.15, 0.2) is 60.7 Å². The molecule has 0 aliphatic carbocycles. The maximum Gasteiger partial charge on any atom is 0.262 e. The second kappa shape index (κ2) is 8.55. The zero-order valence-electron chi connectivity index (χ0n) is 12.6. The highest BCUT2D eigenvalue weighted by Crippen LogP contribution is 2.13. The topological polar surface area (TPSA) is 62.4 Å². The first-order valence-corrected chi connectivity index (χ1v) is 7.32. The number of carbonyl (C=O) groups excluding carboxylic acids is 1. The quantitative estimate of drug-likeness (QED) is 0.458. The number of rotatable bonds is 4. The minimum absolute atomic E-state index is 0.305. The Kier molecular flexibility index (Phi) is 6.14. The second-order valence-corrected chi connectivity index (χ2v) is 4.95. The molecule has 0 saturated heterocycles. The summed E-state index contributed by atoms with van der Waals surface area (Å²) >= 11 is 5.09. The van der Waals surface area contributed by atoms with Gasteiger partial charge >= 0.3 is 0 Å². The van der Waals surface area contributed by atoms with Crippen LogP contribution in [0.2, 0.25) is 0 Å². The Morgan fingerprint density at radius 1 is 1.09 bits per heavy atom. The van der Waals surface area contributed by atoms with Crippen molar-refractivity contribution in [3.05, 3.63) is 66.2 Å². The van der Waals surface area contributed by atoms with Gasteiger partial charge in [0.1, 0.15) is 5.75 Å². The van der Waals surface area contributed by atoms with E-state index >= 15 is 0 Å². The number of hydrazine groups is 1. The van der Waals surface area contributed by atoms with E-state index < -0.39 is 0 Å². The van der Waals surface area contributed by atoms with Gasteiger partial charge < -0.3 is 10.1 Å². The van der Waals surface area contributed by atoms with E-state index in [1.54, 1.807) is 13.2 Å². The molecule has 0 fully saturated rings. The fourth-order valence-corrected chi connectivity index (χ4v) is 1.93. The summed E-state index contributed by atoms with van der Waals surface area (Å²) in [6.07, 6.45) is 3.10. The van der Waals surface area contributed by atoms with Crippen molar-refractivity contribution in [2.75, 3.05) is 12.4 Å². The van der Waals surface area contributed by atoms with Crippen molar-refractivity contribution in [3.8, 4) is 5.75 Å². The number of carbonyl (C=O) groups is 1. The van der Waals surface area contributed by atoms with Gasteiger partial charge in [-0.1, -0.05) is 30.3 Å². The maximum absolute atomic E-state index is 11.7. The molecular weight excluding hydrogens is 310 g/mol. The number of hydrogen-bond donors (Lipinski definition) is 3. The van der Waals surface area contributed by atoms with E-state index in [0.29, 0.717) is 5.11 Å². The fraction of sp³-hybridized carbons (Fsp3) is 0.0588. The largest absolute Gasteiger partial charge is 0.497 e. The average Bonchev–Trinajstić information content (AvgIpc) is 2.59. The van der Waals surface area contributed by atoms with E-state index in [1.807, 2.05) is 54.6 Å². The van der Waals surface area contributed by atoms with E-state index in [-0.39, 0.29) is 5.91 Å². The van der Waals surface area contributed by atoms with Crippen LogP contribution in [0.4, 0.5) is 5.69 Å². The summed E-state index contributed by atoms with van der Waals surface area (Å²) in [6.45, 7) is 0. The van der Waals surface area contributed by atoms with Gasteiger partial charge in [-0.15, -0.1) is 0 Å². The summed E-state index contributed by atoms with van der Waals surface area (Å²) in [4.78, 5) is 11.7. The van der Waals surface area contributed by atoms with Crippen molar-refractivity contribution in [2.24, 2.45) is 0 Å². The molecule has 0 radical (unpaired) electrons. The van der Waals surface area contributed by atoms with Crippen LogP contribution in [0.5, 0.6) is 5.75 Å². The summed E-state index contributed by atoms with van der Waals surface area (Å²) in [5, 5.41) is 3.26. The molecule has 2 rings (SSSR count). The van der Waals surface area contributed by atoms with Crippen LogP contribution in [-0.2, 0) is 4.79 Å². The van der Waals surface area contributed by atoms with Crippen molar-refractivity contribution in [1.82, 2.24) is 10.9 Å². The number of benzene rings is 2. The molecule has 0 aliphatic rings. The van der Waals surface area contributed by atoms with Crippen LogP contribution in [-0.4, -0.2) is 18.1 Å². The normalized spacial score (nSPS) is 10.1. The SMILES string of the molecule is COc1cccc(/C=C/C(=O)NNC(=S)Nc2ccccc2)c1. The number of nitrogens with one attached hydrogen (secondary N) is 3. The van der Waals surface area contributed by atoms with E-state index in [1.165, 1.54) is 6.08 Å². The number of methoxy groups -OCH3 is 1. The van der Waals surface area contributed by atoms with Gasteiger partial charge in [0.2, 0.25) is 0 Å². The van der Waals surface area contributed by atoms with Crippen molar-refractivity contribution < 1.29 is 9.53 Å². The highest BCUT2D eigenvalue weighted by molar-refractivity contribution is 7.80. The third-order valence-electron chi connectivity index (χ3n) is 2.85. The van der Waals surface area contributed by atoms with E-state index in [9.17, 15) is 4.79 Å². The van der Waals surface area contributed by atoms with Gasteiger partial charge in [0, 0.05) is 11.8 Å². The Labute approximate surface area is 140 Å². The van der Waals surface area contributed by atoms with Gasteiger partial charge in [0.15, 0.2) is 5.11 Å². The summed E-state index contributed by atoms with van der Waals surface area (Å²) in [7, 11) is 1.60. The number of ether oxygens (including phenoxy) is 1. The second-order valence-electron chi connectivity index (χ2n) is 4.54. The molecule has 23 heavy (non-hydrogen) atoms. The van der Waals surface area contributed by atoms with Crippen molar-refractivity contribution in [3.63, 3.8) is 0 Å². The Morgan fingerprint density at radius 3 is 2.61 bits per heavy atom. The molecule has 0 unspecified atom stereocenters. The molecule has 0 aromatic heterocycles. The minimum Gasteiger partial charge on any atom is -0.497 e. The summed E-state index contributed by atoms with van der Waals surface area (Å²) in [6, 6.07) is 16.8. The minimum atomic E-state index is -0.315. The molecule has 6 heteroatoms. The fourth-order valence-electron chi connectivity index (χ4n) is 1.76. The monoisotopic (exact) mass is 327 g/mol. The van der Waals surface area contributed by atoms with Gasteiger partial charge in [0.25, 0.3) is 5.91 Å². The van der Waals surface area contributed by atoms with Gasteiger partial charge in [-0.05, 0) is 48.1 Å². The highest BCUT2D eigenvalue weighted by atomic mass is 32.1.